The normalized spacial score (nSPS) is 17.4. The van der Waals surface area contributed by atoms with E-state index in [2.05, 4.69) is 0 Å². The lowest BCUT2D eigenvalue weighted by molar-refractivity contribution is 0.388. The molecule has 0 amide bonds. The smallest absolute Gasteiger partial charge is 0.146 e. The summed E-state index contributed by atoms with van der Waals surface area (Å²) in [4.78, 5) is 0. The number of halogens is 2. The molecule has 0 aliphatic heterocycles. The Morgan fingerprint density at radius 2 is 2.22 bits per heavy atom. The van der Waals surface area contributed by atoms with Crippen LogP contribution in [-0.4, -0.2) is 5.11 Å². The molecule has 1 nitrogen and oxygen atoms in total. The Kier molecular flexibility index (Phi) is 3.84. The molecule has 0 spiro atoms. The molecule has 0 aromatic heterocycles. The van der Waals surface area contributed by atoms with E-state index in [1.54, 1.807) is 6.08 Å². The SMILES string of the molecule is I.OC1=C(F)CCC=C1. The maximum atomic E-state index is 12.2. The van der Waals surface area contributed by atoms with Gasteiger partial charge in [-0.05, 0) is 12.5 Å². The number of aliphatic hydroxyl groups is 1. The molecular weight excluding hydrogens is 234 g/mol. The van der Waals surface area contributed by atoms with Gasteiger partial charge in [0.1, 0.15) is 11.6 Å². The molecule has 0 fully saturated rings. The van der Waals surface area contributed by atoms with Crippen molar-refractivity contribution in [1.29, 1.82) is 0 Å². The molecule has 0 aromatic rings. The van der Waals surface area contributed by atoms with Crippen molar-refractivity contribution < 1.29 is 9.50 Å². The molecule has 0 saturated heterocycles. The second-order valence-corrected chi connectivity index (χ2v) is 1.73. The van der Waals surface area contributed by atoms with Gasteiger partial charge in [-0.3, -0.25) is 0 Å². The molecule has 3 heteroatoms. The third-order valence-electron chi connectivity index (χ3n) is 1.08. The van der Waals surface area contributed by atoms with Crippen molar-refractivity contribution in [3.63, 3.8) is 0 Å². The first-order valence-electron chi connectivity index (χ1n) is 2.55. The molecule has 1 rings (SSSR count). The van der Waals surface area contributed by atoms with E-state index >= 15 is 0 Å². The molecule has 0 bridgehead atoms. The summed E-state index contributed by atoms with van der Waals surface area (Å²) >= 11 is 0. The van der Waals surface area contributed by atoms with Gasteiger partial charge in [-0.25, -0.2) is 4.39 Å². The summed E-state index contributed by atoms with van der Waals surface area (Å²) in [6.45, 7) is 0. The van der Waals surface area contributed by atoms with Gasteiger partial charge in [-0.1, -0.05) is 6.08 Å². The molecular formula is C6H8FIO. The van der Waals surface area contributed by atoms with Crippen LogP contribution >= 0.6 is 24.0 Å². The first-order chi connectivity index (χ1) is 3.80. The summed E-state index contributed by atoms with van der Waals surface area (Å²) in [5, 5.41) is 8.60. The van der Waals surface area contributed by atoms with Crippen LogP contribution in [0.2, 0.25) is 0 Å². The van der Waals surface area contributed by atoms with Gasteiger partial charge in [0.25, 0.3) is 0 Å². The molecule has 1 aliphatic rings. The Morgan fingerprint density at radius 1 is 1.56 bits per heavy atom. The fourth-order valence-corrected chi connectivity index (χ4v) is 0.624. The standard InChI is InChI=1S/C6H7FO.HI/c7-5-3-1-2-4-6(5)8;/h2,4,8H,1,3H2;1H. The minimum absolute atomic E-state index is 0. The maximum Gasteiger partial charge on any atom is 0.146 e. The average molecular weight is 242 g/mol. The number of aliphatic hydroxyl groups excluding tert-OH is 1. The molecule has 0 unspecified atom stereocenters. The first-order valence-corrected chi connectivity index (χ1v) is 2.55. The largest absolute Gasteiger partial charge is 0.505 e. The highest BCUT2D eigenvalue weighted by atomic mass is 127. The lowest BCUT2D eigenvalue weighted by Gasteiger charge is -2.00. The van der Waals surface area contributed by atoms with Crippen molar-refractivity contribution in [3.8, 4) is 0 Å². The van der Waals surface area contributed by atoms with Crippen molar-refractivity contribution >= 4 is 24.0 Å². The van der Waals surface area contributed by atoms with Crippen LogP contribution < -0.4 is 0 Å². The fraction of sp³-hybridized carbons (Fsp3) is 0.333. The zero-order valence-corrected chi connectivity index (χ0v) is 7.13. The average Bonchev–Trinajstić information content (AvgIpc) is 1.77. The van der Waals surface area contributed by atoms with Crippen molar-refractivity contribution in [2.45, 2.75) is 12.8 Å². The highest BCUT2D eigenvalue weighted by Gasteiger charge is 2.03. The van der Waals surface area contributed by atoms with Crippen molar-refractivity contribution in [3.05, 3.63) is 23.7 Å². The number of hydrogen-bond donors (Lipinski definition) is 1. The Labute approximate surface area is 70.3 Å². The Bertz CT molecular complexity index is 151. The third-order valence-corrected chi connectivity index (χ3v) is 1.08. The minimum atomic E-state index is -0.396. The summed E-state index contributed by atoms with van der Waals surface area (Å²) < 4.78 is 12.2. The van der Waals surface area contributed by atoms with Crippen LogP contribution in [0.4, 0.5) is 4.39 Å². The molecule has 1 N–H and O–H groups in total. The maximum absolute atomic E-state index is 12.2. The lowest BCUT2D eigenvalue weighted by atomic mass is 10.1. The zero-order valence-electron chi connectivity index (χ0n) is 4.80. The van der Waals surface area contributed by atoms with Gasteiger partial charge in [-0.2, -0.15) is 0 Å². The van der Waals surface area contributed by atoms with E-state index in [1.165, 1.54) is 6.08 Å². The number of allylic oxidation sites excluding steroid dienone is 3. The highest BCUT2D eigenvalue weighted by molar-refractivity contribution is 14.0. The van der Waals surface area contributed by atoms with E-state index < -0.39 is 5.83 Å². The quantitative estimate of drug-likeness (QED) is 0.647. The van der Waals surface area contributed by atoms with Crippen LogP contribution in [0.3, 0.4) is 0 Å². The predicted octanol–water partition coefficient (Wildman–Crippen LogP) is 2.69. The van der Waals surface area contributed by atoms with Gasteiger partial charge in [0.15, 0.2) is 0 Å². The van der Waals surface area contributed by atoms with Gasteiger partial charge in [-0.15, -0.1) is 24.0 Å². The van der Waals surface area contributed by atoms with Crippen LogP contribution in [0.25, 0.3) is 0 Å². The van der Waals surface area contributed by atoms with E-state index in [4.69, 9.17) is 5.11 Å². The molecule has 52 valence electrons. The van der Waals surface area contributed by atoms with Gasteiger partial charge >= 0.3 is 0 Å². The first kappa shape index (κ1) is 8.94. The Hall–Kier alpha value is -0.0600. The monoisotopic (exact) mass is 242 g/mol. The van der Waals surface area contributed by atoms with Crippen molar-refractivity contribution in [2.75, 3.05) is 0 Å². The van der Waals surface area contributed by atoms with E-state index in [9.17, 15) is 4.39 Å². The summed E-state index contributed by atoms with van der Waals surface area (Å²) in [7, 11) is 0. The lowest BCUT2D eigenvalue weighted by Crippen LogP contribution is -1.87. The molecule has 0 saturated carbocycles. The van der Waals surface area contributed by atoms with Gasteiger partial charge in [0, 0.05) is 6.42 Å². The van der Waals surface area contributed by atoms with Crippen LogP contribution in [0.1, 0.15) is 12.8 Å². The summed E-state index contributed by atoms with van der Waals surface area (Å²) in [6.07, 6.45) is 4.19. The molecule has 0 radical (unpaired) electrons. The number of hydrogen-bond acceptors (Lipinski definition) is 1. The van der Waals surface area contributed by atoms with Crippen LogP contribution in [0.15, 0.2) is 23.7 Å². The minimum Gasteiger partial charge on any atom is -0.505 e. The van der Waals surface area contributed by atoms with Gasteiger partial charge < -0.3 is 5.11 Å². The van der Waals surface area contributed by atoms with E-state index in [0.717, 1.165) is 0 Å². The van der Waals surface area contributed by atoms with Gasteiger partial charge in [0.05, 0.1) is 0 Å². The molecule has 9 heavy (non-hydrogen) atoms. The number of rotatable bonds is 0. The van der Waals surface area contributed by atoms with E-state index in [0.29, 0.717) is 12.8 Å². The highest BCUT2D eigenvalue weighted by Crippen LogP contribution is 2.16. The van der Waals surface area contributed by atoms with Crippen LogP contribution in [0, 0.1) is 0 Å². The summed E-state index contributed by atoms with van der Waals surface area (Å²) in [5.41, 5.74) is 0. The van der Waals surface area contributed by atoms with Crippen molar-refractivity contribution in [2.24, 2.45) is 0 Å². The van der Waals surface area contributed by atoms with E-state index in [-0.39, 0.29) is 29.7 Å². The molecule has 0 atom stereocenters. The van der Waals surface area contributed by atoms with E-state index in [1.807, 2.05) is 0 Å². The fourth-order valence-electron chi connectivity index (χ4n) is 0.624. The second-order valence-electron chi connectivity index (χ2n) is 1.73. The zero-order chi connectivity index (χ0) is 5.98. The van der Waals surface area contributed by atoms with Crippen LogP contribution in [0.5, 0.6) is 0 Å². The predicted molar refractivity (Wildman–Crippen MR) is 44.6 cm³/mol. The van der Waals surface area contributed by atoms with Crippen molar-refractivity contribution in [1.82, 2.24) is 0 Å². The second kappa shape index (κ2) is 3.87. The summed E-state index contributed by atoms with van der Waals surface area (Å²) in [5.74, 6) is -0.608. The molecule has 0 aromatic carbocycles. The third kappa shape index (κ3) is 2.34. The molecule has 1 aliphatic carbocycles. The molecule has 0 heterocycles. The Morgan fingerprint density at radius 3 is 2.56 bits per heavy atom. The Balaban J connectivity index is 0.000000640. The van der Waals surface area contributed by atoms with Crippen LogP contribution in [-0.2, 0) is 0 Å². The summed E-state index contributed by atoms with van der Waals surface area (Å²) in [6, 6.07) is 0. The van der Waals surface area contributed by atoms with Gasteiger partial charge in [0.2, 0.25) is 0 Å². The topological polar surface area (TPSA) is 20.2 Å².